The Kier molecular flexibility index (Phi) is 4.45. The Morgan fingerprint density at radius 2 is 2.00 bits per heavy atom. The summed E-state index contributed by atoms with van der Waals surface area (Å²) < 4.78 is 5.92. The summed E-state index contributed by atoms with van der Waals surface area (Å²) in [7, 11) is 1.49. The summed E-state index contributed by atoms with van der Waals surface area (Å²) in [6, 6.07) is 9.37. The highest BCUT2D eigenvalue weighted by Gasteiger charge is 2.17. The molecule has 0 unspecified atom stereocenters. The molecule has 1 heterocycles. The highest BCUT2D eigenvalue weighted by molar-refractivity contribution is 7.71. The molecule has 8 heteroatoms. The second-order valence-electron chi connectivity index (χ2n) is 4.92. The zero-order valence-electron chi connectivity index (χ0n) is 12.3. The van der Waals surface area contributed by atoms with E-state index in [-0.39, 0.29) is 25.8 Å². The summed E-state index contributed by atoms with van der Waals surface area (Å²) in [5.41, 5.74) is 0.0140. The molecule has 0 bridgehead atoms. The van der Waals surface area contributed by atoms with Gasteiger partial charge in [0.25, 0.3) is 11.5 Å². The Morgan fingerprint density at radius 3 is 2.71 bits per heavy atom. The van der Waals surface area contributed by atoms with Gasteiger partial charge in [0, 0.05) is 10.6 Å². The lowest BCUT2D eigenvalue weighted by Gasteiger charge is -2.09. The van der Waals surface area contributed by atoms with Crippen LogP contribution in [0.25, 0.3) is 10.9 Å². The molecule has 24 heavy (non-hydrogen) atoms. The van der Waals surface area contributed by atoms with E-state index in [0.717, 1.165) is 4.57 Å². The normalized spacial score (nSPS) is 10.8. The number of carbonyl (C=O) groups is 1. The third kappa shape index (κ3) is 2.84. The molecule has 5 nitrogen and oxygen atoms in total. The van der Waals surface area contributed by atoms with Crippen molar-refractivity contribution in [2.24, 2.45) is 0 Å². The first-order valence-electron chi connectivity index (χ1n) is 6.75. The van der Waals surface area contributed by atoms with Crippen molar-refractivity contribution in [1.29, 1.82) is 0 Å². The highest BCUT2D eigenvalue weighted by atomic mass is 35.5. The Labute approximate surface area is 151 Å². The summed E-state index contributed by atoms with van der Waals surface area (Å²) >= 11 is 17.2. The van der Waals surface area contributed by atoms with Crippen LogP contribution < -0.4 is 10.3 Å². The molecule has 0 spiro atoms. The van der Waals surface area contributed by atoms with E-state index in [2.05, 4.69) is 4.98 Å². The van der Waals surface area contributed by atoms with E-state index in [1.807, 2.05) is 0 Å². The molecule has 0 fully saturated rings. The lowest BCUT2D eigenvalue weighted by atomic mass is 10.2. The summed E-state index contributed by atoms with van der Waals surface area (Å²) in [4.78, 5) is 28.3. The largest absolute Gasteiger partial charge is 0.497 e. The van der Waals surface area contributed by atoms with Crippen molar-refractivity contribution in [3.05, 3.63) is 67.1 Å². The molecular formula is C16H10Cl2N2O3S. The van der Waals surface area contributed by atoms with E-state index in [1.165, 1.54) is 25.3 Å². The molecule has 1 N–H and O–H groups in total. The van der Waals surface area contributed by atoms with Crippen LogP contribution in [0.5, 0.6) is 5.75 Å². The number of nitrogens with zero attached hydrogens (tertiary/aromatic N) is 1. The van der Waals surface area contributed by atoms with Gasteiger partial charge in [-0.2, -0.15) is 0 Å². The van der Waals surface area contributed by atoms with Crippen molar-refractivity contribution in [2.75, 3.05) is 7.11 Å². The molecule has 0 aliphatic heterocycles. The molecule has 122 valence electrons. The lowest BCUT2D eigenvalue weighted by molar-refractivity contribution is 0.0953. The van der Waals surface area contributed by atoms with Crippen molar-refractivity contribution < 1.29 is 9.53 Å². The number of carbonyl (C=O) groups excluding carboxylic acids is 1. The number of methoxy groups -OCH3 is 1. The van der Waals surface area contributed by atoms with Gasteiger partial charge in [0.2, 0.25) is 0 Å². The average Bonchev–Trinajstić information content (AvgIpc) is 2.56. The molecule has 0 amide bonds. The second kappa shape index (κ2) is 6.39. The van der Waals surface area contributed by atoms with E-state index < -0.39 is 11.5 Å². The molecule has 0 saturated carbocycles. The van der Waals surface area contributed by atoms with Crippen LogP contribution >= 0.6 is 35.4 Å². The topological polar surface area (TPSA) is 64.1 Å². The number of nitrogens with one attached hydrogen (secondary N) is 1. The minimum Gasteiger partial charge on any atom is -0.497 e. The van der Waals surface area contributed by atoms with Crippen LogP contribution in [0.15, 0.2) is 41.2 Å². The molecule has 3 aromatic rings. The molecule has 0 aliphatic carbocycles. The van der Waals surface area contributed by atoms with Crippen LogP contribution in [0, 0.1) is 4.77 Å². The number of hydrogen-bond donors (Lipinski definition) is 1. The number of rotatable bonds is 2. The fourth-order valence-electron chi connectivity index (χ4n) is 2.31. The average molecular weight is 381 g/mol. The smallest absolute Gasteiger partial charge is 0.269 e. The summed E-state index contributed by atoms with van der Waals surface area (Å²) in [5, 5.41) is 0.717. The van der Waals surface area contributed by atoms with E-state index in [4.69, 9.17) is 40.2 Å². The lowest BCUT2D eigenvalue weighted by Crippen LogP contribution is -2.29. The van der Waals surface area contributed by atoms with Crippen molar-refractivity contribution >= 4 is 52.2 Å². The third-order valence-corrected chi connectivity index (χ3v) is 4.24. The van der Waals surface area contributed by atoms with Crippen LogP contribution in [0.2, 0.25) is 10.0 Å². The van der Waals surface area contributed by atoms with Crippen LogP contribution in [-0.4, -0.2) is 22.6 Å². The first-order chi connectivity index (χ1) is 11.4. The number of hydrogen-bond acceptors (Lipinski definition) is 4. The van der Waals surface area contributed by atoms with Gasteiger partial charge in [-0.3, -0.25) is 9.59 Å². The van der Waals surface area contributed by atoms with Crippen LogP contribution in [0.3, 0.4) is 0 Å². The second-order valence-corrected chi connectivity index (χ2v) is 6.15. The van der Waals surface area contributed by atoms with Gasteiger partial charge in [0.1, 0.15) is 5.75 Å². The predicted molar refractivity (Wildman–Crippen MR) is 96.1 cm³/mol. The molecule has 0 atom stereocenters. The molecule has 3 rings (SSSR count). The van der Waals surface area contributed by atoms with Crippen molar-refractivity contribution in [2.45, 2.75) is 0 Å². The molecular weight excluding hydrogens is 371 g/mol. The van der Waals surface area contributed by atoms with Crippen molar-refractivity contribution in [1.82, 2.24) is 9.55 Å². The molecule has 0 aliphatic rings. The highest BCUT2D eigenvalue weighted by Crippen LogP contribution is 2.24. The first kappa shape index (κ1) is 16.7. The SMILES string of the molecule is COc1cccc(C(=O)n2c(=S)[nH]c3c(Cl)cc(Cl)cc3c2=O)c1. The quantitative estimate of drug-likeness (QED) is 0.680. The number of fused-ring (bicyclic) bond motifs is 1. The zero-order valence-corrected chi connectivity index (χ0v) is 14.6. The number of aromatic nitrogens is 2. The van der Waals surface area contributed by atoms with E-state index in [0.29, 0.717) is 11.3 Å². The summed E-state index contributed by atoms with van der Waals surface area (Å²) in [5.74, 6) is -0.0752. The molecule has 1 aromatic heterocycles. The maximum Gasteiger partial charge on any atom is 0.269 e. The van der Waals surface area contributed by atoms with Gasteiger partial charge in [-0.15, -0.1) is 0 Å². The van der Waals surface area contributed by atoms with Gasteiger partial charge in [0.15, 0.2) is 4.77 Å². The number of benzene rings is 2. The summed E-state index contributed by atoms with van der Waals surface area (Å²) in [6.45, 7) is 0. The maximum absolute atomic E-state index is 12.7. The van der Waals surface area contributed by atoms with Gasteiger partial charge < -0.3 is 9.72 Å². The summed E-state index contributed by atoms with van der Waals surface area (Å²) in [6.07, 6.45) is 0. The molecule has 0 saturated heterocycles. The number of ether oxygens (including phenoxy) is 1. The van der Waals surface area contributed by atoms with Crippen LogP contribution in [-0.2, 0) is 0 Å². The number of halogens is 2. The fraction of sp³-hybridized carbons (Fsp3) is 0.0625. The van der Waals surface area contributed by atoms with Gasteiger partial charge in [-0.1, -0.05) is 29.3 Å². The minimum atomic E-state index is -0.592. The van der Waals surface area contributed by atoms with E-state index in [1.54, 1.807) is 18.2 Å². The molecule has 2 aromatic carbocycles. The van der Waals surface area contributed by atoms with Gasteiger partial charge >= 0.3 is 0 Å². The zero-order chi connectivity index (χ0) is 17.4. The van der Waals surface area contributed by atoms with Gasteiger partial charge in [0.05, 0.1) is 23.0 Å². The van der Waals surface area contributed by atoms with E-state index >= 15 is 0 Å². The predicted octanol–water partition coefficient (Wildman–Crippen LogP) is 4.06. The van der Waals surface area contributed by atoms with Crippen molar-refractivity contribution in [3.8, 4) is 5.75 Å². The minimum absolute atomic E-state index is 0.0513. The maximum atomic E-state index is 12.7. The Hall–Kier alpha value is -2.15. The number of H-pyrrole nitrogens is 1. The van der Waals surface area contributed by atoms with Crippen molar-refractivity contribution in [3.63, 3.8) is 0 Å². The Bertz CT molecular complexity index is 1090. The Balaban J connectivity index is 2.28. The van der Waals surface area contributed by atoms with Crippen LogP contribution in [0.4, 0.5) is 0 Å². The van der Waals surface area contributed by atoms with E-state index in [9.17, 15) is 9.59 Å². The van der Waals surface area contributed by atoms with Gasteiger partial charge in [-0.05, 0) is 42.5 Å². The van der Waals surface area contributed by atoms with Crippen LogP contribution in [0.1, 0.15) is 10.4 Å². The standard InChI is InChI=1S/C16H10Cl2N2O3S/c1-23-10-4-2-3-8(5-10)14(21)20-15(22)11-6-9(17)7-12(18)13(11)19-16(20)24/h2-7H,1H3,(H,19,24). The third-order valence-electron chi connectivity index (χ3n) is 3.44. The monoisotopic (exact) mass is 380 g/mol. The Morgan fingerprint density at radius 1 is 1.25 bits per heavy atom. The first-order valence-corrected chi connectivity index (χ1v) is 7.91. The number of aromatic amines is 1. The fourth-order valence-corrected chi connectivity index (χ4v) is 3.12. The molecule has 0 radical (unpaired) electrons. The van der Waals surface area contributed by atoms with Gasteiger partial charge in [-0.25, -0.2) is 4.57 Å².